The summed E-state index contributed by atoms with van der Waals surface area (Å²) in [5.41, 5.74) is 0. The van der Waals surface area contributed by atoms with Crippen molar-refractivity contribution in [2.45, 2.75) is 26.2 Å². The molecule has 5 nitrogen and oxygen atoms in total. The summed E-state index contributed by atoms with van der Waals surface area (Å²) in [5.74, 6) is -0.153. The SMILES string of the molecule is CCC=CCCC=CCNC(=O)OCCS(C)(=O)=O. The lowest BCUT2D eigenvalue weighted by molar-refractivity contribution is 0.154. The summed E-state index contributed by atoms with van der Waals surface area (Å²) >= 11 is 0. The van der Waals surface area contributed by atoms with Gasteiger partial charge in [0.15, 0.2) is 9.84 Å². The number of ether oxygens (including phenoxy) is 1. The number of alkyl carbamates (subject to hydrolysis) is 1. The van der Waals surface area contributed by atoms with E-state index in [1.165, 1.54) is 0 Å². The first-order valence-corrected chi connectivity index (χ1v) is 8.40. The Morgan fingerprint density at radius 2 is 1.79 bits per heavy atom. The van der Waals surface area contributed by atoms with E-state index < -0.39 is 15.9 Å². The predicted octanol–water partition coefficient (Wildman–Crippen LogP) is 2.06. The number of amides is 1. The van der Waals surface area contributed by atoms with Crippen LogP contribution in [-0.4, -0.2) is 39.7 Å². The van der Waals surface area contributed by atoms with Crippen LogP contribution in [-0.2, 0) is 14.6 Å². The fourth-order valence-corrected chi connectivity index (χ4v) is 1.54. The second-order valence-corrected chi connectivity index (χ2v) is 6.33. The second kappa shape index (κ2) is 10.6. The van der Waals surface area contributed by atoms with Crippen LogP contribution in [0.1, 0.15) is 26.2 Å². The summed E-state index contributed by atoms with van der Waals surface area (Å²) in [7, 11) is -3.09. The summed E-state index contributed by atoms with van der Waals surface area (Å²) in [6.07, 6.45) is 11.5. The minimum Gasteiger partial charge on any atom is -0.448 e. The van der Waals surface area contributed by atoms with E-state index in [0.29, 0.717) is 6.54 Å². The van der Waals surface area contributed by atoms with Gasteiger partial charge in [0.1, 0.15) is 6.61 Å². The van der Waals surface area contributed by atoms with Gasteiger partial charge in [-0.25, -0.2) is 13.2 Å². The van der Waals surface area contributed by atoms with E-state index in [4.69, 9.17) is 4.74 Å². The summed E-state index contributed by atoms with van der Waals surface area (Å²) in [4.78, 5) is 11.1. The molecule has 110 valence electrons. The molecule has 0 fully saturated rings. The first-order valence-electron chi connectivity index (χ1n) is 6.34. The highest BCUT2D eigenvalue weighted by Gasteiger charge is 2.04. The molecule has 19 heavy (non-hydrogen) atoms. The number of hydrogen-bond acceptors (Lipinski definition) is 4. The molecule has 6 heteroatoms. The molecule has 0 aliphatic heterocycles. The highest BCUT2D eigenvalue weighted by molar-refractivity contribution is 7.90. The normalized spacial score (nSPS) is 12.1. The van der Waals surface area contributed by atoms with Gasteiger partial charge in [-0.05, 0) is 19.3 Å². The van der Waals surface area contributed by atoms with Crippen LogP contribution in [0.25, 0.3) is 0 Å². The molecule has 0 aliphatic carbocycles. The Bertz CT molecular complexity index is 399. The second-order valence-electron chi connectivity index (χ2n) is 4.08. The van der Waals surface area contributed by atoms with Crippen LogP contribution in [0.5, 0.6) is 0 Å². The number of unbranched alkanes of at least 4 members (excludes halogenated alkanes) is 1. The first-order chi connectivity index (χ1) is 8.95. The van der Waals surface area contributed by atoms with Gasteiger partial charge in [0.2, 0.25) is 0 Å². The molecule has 0 aromatic heterocycles. The number of nitrogens with one attached hydrogen (secondary N) is 1. The maximum absolute atomic E-state index is 11.1. The molecule has 0 bridgehead atoms. The molecular formula is C13H23NO4S. The Labute approximate surface area is 115 Å². The van der Waals surface area contributed by atoms with Crippen LogP contribution in [0.2, 0.25) is 0 Å². The van der Waals surface area contributed by atoms with Crippen molar-refractivity contribution < 1.29 is 17.9 Å². The Morgan fingerprint density at radius 3 is 2.37 bits per heavy atom. The fourth-order valence-electron chi connectivity index (χ4n) is 1.16. The third-order valence-corrected chi connectivity index (χ3v) is 3.03. The molecule has 0 rings (SSSR count). The van der Waals surface area contributed by atoms with E-state index in [-0.39, 0.29) is 12.4 Å². The molecule has 0 aliphatic rings. The van der Waals surface area contributed by atoms with Crippen molar-refractivity contribution in [3.63, 3.8) is 0 Å². The maximum Gasteiger partial charge on any atom is 0.407 e. The van der Waals surface area contributed by atoms with Gasteiger partial charge in [0.05, 0.1) is 5.75 Å². The van der Waals surface area contributed by atoms with Crippen LogP contribution >= 0.6 is 0 Å². The zero-order valence-electron chi connectivity index (χ0n) is 11.6. The van der Waals surface area contributed by atoms with Crippen molar-refractivity contribution in [3.05, 3.63) is 24.3 Å². The number of allylic oxidation sites excluding steroid dienone is 3. The van der Waals surface area contributed by atoms with Crippen molar-refractivity contribution in [2.24, 2.45) is 0 Å². The smallest absolute Gasteiger partial charge is 0.407 e. The Balaban J connectivity index is 3.52. The molecule has 0 aromatic rings. The van der Waals surface area contributed by atoms with Gasteiger partial charge in [-0.3, -0.25) is 0 Å². The van der Waals surface area contributed by atoms with Crippen LogP contribution in [0.4, 0.5) is 4.79 Å². The Kier molecular flexibility index (Phi) is 9.88. The lowest BCUT2D eigenvalue weighted by Crippen LogP contribution is -2.26. The summed E-state index contributed by atoms with van der Waals surface area (Å²) in [5, 5.41) is 2.51. The average Bonchev–Trinajstić information content (AvgIpc) is 2.31. The Hall–Kier alpha value is -1.30. The maximum atomic E-state index is 11.1. The molecule has 1 N–H and O–H groups in total. The molecule has 0 atom stereocenters. The lowest BCUT2D eigenvalue weighted by atomic mass is 10.2. The van der Waals surface area contributed by atoms with Crippen molar-refractivity contribution in [3.8, 4) is 0 Å². The van der Waals surface area contributed by atoms with Crippen molar-refractivity contribution in [1.82, 2.24) is 5.32 Å². The zero-order valence-corrected chi connectivity index (χ0v) is 12.4. The fraction of sp³-hybridized carbons (Fsp3) is 0.615. The quantitative estimate of drug-likeness (QED) is 0.521. The van der Waals surface area contributed by atoms with Gasteiger partial charge < -0.3 is 10.1 Å². The number of hydrogen-bond donors (Lipinski definition) is 1. The molecular weight excluding hydrogens is 266 g/mol. The van der Waals surface area contributed by atoms with Crippen molar-refractivity contribution >= 4 is 15.9 Å². The third kappa shape index (κ3) is 14.6. The third-order valence-electron chi connectivity index (χ3n) is 2.12. The van der Waals surface area contributed by atoms with Gasteiger partial charge in [0, 0.05) is 12.8 Å². The van der Waals surface area contributed by atoms with E-state index in [1.54, 1.807) is 0 Å². The van der Waals surface area contributed by atoms with E-state index >= 15 is 0 Å². The van der Waals surface area contributed by atoms with Crippen LogP contribution < -0.4 is 5.32 Å². The van der Waals surface area contributed by atoms with Crippen LogP contribution in [0, 0.1) is 0 Å². The van der Waals surface area contributed by atoms with Crippen LogP contribution in [0.15, 0.2) is 24.3 Å². The molecule has 0 aromatic carbocycles. The van der Waals surface area contributed by atoms with Gasteiger partial charge >= 0.3 is 6.09 Å². The molecule has 0 saturated heterocycles. The molecule has 0 saturated carbocycles. The average molecular weight is 289 g/mol. The Morgan fingerprint density at radius 1 is 1.16 bits per heavy atom. The number of carbonyl (C=O) groups excluding carboxylic acids is 1. The minimum absolute atomic E-state index is 0.115. The van der Waals surface area contributed by atoms with Crippen LogP contribution in [0.3, 0.4) is 0 Å². The van der Waals surface area contributed by atoms with Gasteiger partial charge in [0.25, 0.3) is 0 Å². The summed E-state index contributed by atoms with van der Waals surface area (Å²) < 4.78 is 26.3. The molecule has 1 amide bonds. The van der Waals surface area contributed by atoms with E-state index in [2.05, 4.69) is 24.4 Å². The minimum atomic E-state index is -3.09. The van der Waals surface area contributed by atoms with Gasteiger partial charge in [-0.1, -0.05) is 31.2 Å². The summed E-state index contributed by atoms with van der Waals surface area (Å²) in [6, 6.07) is 0. The van der Waals surface area contributed by atoms with Gasteiger partial charge in [-0.15, -0.1) is 0 Å². The summed E-state index contributed by atoms with van der Waals surface area (Å²) in [6.45, 7) is 2.36. The molecule has 0 radical (unpaired) electrons. The van der Waals surface area contributed by atoms with E-state index in [0.717, 1.165) is 25.5 Å². The van der Waals surface area contributed by atoms with Crippen molar-refractivity contribution in [1.29, 1.82) is 0 Å². The highest BCUT2D eigenvalue weighted by Crippen LogP contribution is 1.93. The monoisotopic (exact) mass is 289 g/mol. The number of sulfone groups is 1. The predicted molar refractivity (Wildman–Crippen MR) is 76.9 cm³/mol. The largest absolute Gasteiger partial charge is 0.448 e. The van der Waals surface area contributed by atoms with Gasteiger partial charge in [-0.2, -0.15) is 0 Å². The van der Waals surface area contributed by atoms with E-state index in [9.17, 15) is 13.2 Å². The van der Waals surface area contributed by atoms with Crippen molar-refractivity contribution in [2.75, 3.05) is 25.2 Å². The molecule has 0 unspecified atom stereocenters. The first kappa shape index (κ1) is 17.7. The zero-order chi connectivity index (χ0) is 14.6. The molecule has 0 spiro atoms. The number of carbonyl (C=O) groups is 1. The van der Waals surface area contributed by atoms with E-state index in [1.807, 2.05) is 12.2 Å². The highest BCUT2D eigenvalue weighted by atomic mass is 32.2. The standard InChI is InChI=1S/C13H23NO4S/c1-3-4-5-6-7-8-9-10-14-13(15)18-11-12-19(2,16)17/h4-5,8-9H,3,6-7,10-12H2,1-2H3,(H,14,15). The topological polar surface area (TPSA) is 72.5 Å². The number of rotatable bonds is 9. The lowest BCUT2D eigenvalue weighted by Gasteiger charge is -2.04. The molecule has 0 heterocycles.